The molecule has 0 N–H and O–H groups in total. The Morgan fingerprint density at radius 3 is 2.50 bits per heavy atom. The van der Waals surface area contributed by atoms with E-state index < -0.39 is 24.1 Å². The molecule has 0 spiro atoms. The van der Waals surface area contributed by atoms with E-state index in [2.05, 4.69) is 0 Å². The van der Waals surface area contributed by atoms with Crippen molar-refractivity contribution in [1.82, 2.24) is 0 Å². The van der Waals surface area contributed by atoms with Gasteiger partial charge in [0.1, 0.15) is 24.3 Å². The number of thioether (sulfide) groups is 1. The molecule has 0 amide bonds. The standard InChI is InChI=1S/C16H18O5S/c1-11(17)19-10-15-14(20-12(2)18)8-9-16(21-15)22-13-6-4-3-5-7-13/h3-9,14-16H,10H2,1-2H3/t14-,15+,16?/m0/s1. The van der Waals surface area contributed by atoms with E-state index in [1.54, 1.807) is 6.08 Å². The zero-order valence-corrected chi connectivity index (χ0v) is 13.2. The van der Waals surface area contributed by atoms with Gasteiger partial charge in [0.2, 0.25) is 0 Å². The van der Waals surface area contributed by atoms with Gasteiger partial charge in [-0.15, -0.1) is 0 Å². The van der Waals surface area contributed by atoms with Crippen LogP contribution >= 0.6 is 11.8 Å². The molecule has 5 nitrogen and oxygen atoms in total. The van der Waals surface area contributed by atoms with Crippen LogP contribution < -0.4 is 0 Å². The van der Waals surface area contributed by atoms with Gasteiger partial charge in [-0.2, -0.15) is 0 Å². The van der Waals surface area contributed by atoms with Gasteiger partial charge in [-0.1, -0.05) is 30.0 Å². The Balaban J connectivity index is 2.02. The van der Waals surface area contributed by atoms with Crippen molar-refractivity contribution in [2.24, 2.45) is 0 Å². The summed E-state index contributed by atoms with van der Waals surface area (Å²) in [4.78, 5) is 23.2. The Bertz CT molecular complexity index is 543. The van der Waals surface area contributed by atoms with Gasteiger partial charge in [0, 0.05) is 18.7 Å². The van der Waals surface area contributed by atoms with Crippen molar-refractivity contribution in [2.45, 2.75) is 36.4 Å². The zero-order chi connectivity index (χ0) is 15.9. The zero-order valence-electron chi connectivity index (χ0n) is 12.4. The lowest BCUT2D eigenvalue weighted by atomic mass is 10.1. The van der Waals surface area contributed by atoms with Crippen LogP contribution in [0.25, 0.3) is 0 Å². The Hall–Kier alpha value is -1.79. The number of hydrogen-bond donors (Lipinski definition) is 0. The maximum absolute atomic E-state index is 11.1. The molecule has 0 radical (unpaired) electrons. The van der Waals surface area contributed by atoms with Crippen molar-refractivity contribution in [1.29, 1.82) is 0 Å². The van der Waals surface area contributed by atoms with E-state index in [-0.39, 0.29) is 12.0 Å². The molecule has 0 bridgehead atoms. The third-order valence-corrected chi connectivity index (χ3v) is 3.93. The van der Waals surface area contributed by atoms with Crippen molar-refractivity contribution in [2.75, 3.05) is 6.61 Å². The molecule has 118 valence electrons. The van der Waals surface area contributed by atoms with Gasteiger partial charge in [-0.25, -0.2) is 0 Å². The van der Waals surface area contributed by atoms with Gasteiger partial charge in [0.05, 0.1) is 0 Å². The first kappa shape index (κ1) is 16.6. The summed E-state index contributed by atoms with van der Waals surface area (Å²) in [5.74, 6) is -0.799. The lowest BCUT2D eigenvalue weighted by Crippen LogP contribution is -2.40. The van der Waals surface area contributed by atoms with Crippen molar-refractivity contribution in [3.05, 3.63) is 42.5 Å². The van der Waals surface area contributed by atoms with E-state index in [0.29, 0.717) is 0 Å². The number of carbonyl (C=O) groups excluding carboxylic acids is 2. The molecule has 22 heavy (non-hydrogen) atoms. The monoisotopic (exact) mass is 322 g/mol. The average Bonchev–Trinajstić information content (AvgIpc) is 2.48. The molecule has 6 heteroatoms. The van der Waals surface area contributed by atoms with Crippen molar-refractivity contribution in [3.63, 3.8) is 0 Å². The quantitative estimate of drug-likeness (QED) is 0.613. The molecule has 0 aromatic heterocycles. The van der Waals surface area contributed by atoms with E-state index in [4.69, 9.17) is 14.2 Å². The molecule has 1 aliphatic heterocycles. The molecule has 0 aliphatic carbocycles. The normalized spacial score (nSPS) is 23.8. The molecule has 0 saturated carbocycles. The predicted molar refractivity (Wildman–Crippen MR) is 82.3 cm³/mol. The van der Waals surface area contributed by atoms with Crippen LogP contribution in [0.3, 0.4) is 0 Å². The van der Waals surface area contributed by atoms with Gasteiger partial charge < -0.3 is 14.2 Å². The van der Waals surface area contributed by atoms with E-state index in [0.717, 1.165) is 4.90 Å². The molecular formula is C16H18O5S. The fourth-order valence-electron chi connectivity index (χ4n) is 1.96. The molecular weight excluding hydrogens is 304 g/mol. The van der Waals surface area contributed by atoms with E-state index in [1.807, 2.05) is 36.4 Å². The molecule has 1 heterocycles. The highest BCUT2D eigenvalue weighted by atomic mass is 32.2. The number of benzene rings is 1. The van der Waals surface area contributed by atoms with Crippen LogP contribution in [-0.2, 0) is 23.8 Å². The van der Waals surface area contributed by atoms with Crippen LogP contribution in [0.4, 0.5) is 0 Å². The molecule has 1 aromatic rings. The summed E-state index contributed by atoms with van der Waals surface area (Å²) in [6.45, 7) is 2.71. The van der Waals surface area contributed by atoms with Crippen LogP contribution in [0.15, 0.2) is 47.4 Å². The van der Waals surface area contributed by atoms with Gasteiger partial charge in [0.25, 0.3) is 0 Å². The first-order chi connectivity index (χ1) is 10.5. The molecule has 2 rings (SSSR count). The summed E-state index contributed by atoms with van der Waals surface area (Å²) in [5, 5.41) is 0. The number of esters is 2. The number of hydrogen-bond acceptors (Lipinski definition) is 6. The fourth-order valence-corrected chi connectivity index (χ4v) is 2.91. The highest BCUT2D eigenvalue weighted by molar-refractivity contribution is 8.00. The molecule has 1 aromatic carbocycles. The summed E-state index contributed by atoms with van der Waals surface area (Å²) >= 11 is 1.53. The average molecular weight is 322 g/mol. The number of rotatable bonds is 5. The molecule has 1 aliphatic rings. The second-order valence-corrected chi connectivity index (χ2v) is 5.91. The number of carbonyl (C=O) groups is 2. The third-order valence-electron chi connectivity index (χ3n) is 2.88. The molecule has 3 atom stereocenters. The second kappa shape index (κ2) is 8.00. The van der Waals surface area contributed by atoms with Crippen LogP contribution in [0.5, 0.6) is 0 Å². The van der Waals surface area contributed by atoms with E-state index in [9.17, 15) is 9.59 Å². The van der Waals surface area contributed by atoms with Gasteiger partial charge in [-0.05, 0) is 24.3 Å². The molecule has 0 saturated heterocycles. The van der Waals surface area contributed by atoms with Crippen LogP contribution in [0.2, 0.25) is 0 Å². The minimum atomic E-state index is -0.551. The largest absolute Gasteiger partial charge is 0.463 e. The Kier molecular flexibility index (Phi) is 6.03. The first-order valence-electron chi connectivity index (χ1n) is 6.90. The number of ether oxygens (including phenoxy) is 3. The minimum Gasteiger partial charge on any atom is -0.463 e. The Labute approximate surface area is 133 Å². The van der Waals surface area contributed by atoms with Crippen LogP contribution in [0.1, 0.15) is 13.8 Å². The Morgan fingerprint density at radius 1 is 1.14 bits per heavy atom. The summed E-state index contributed by atoms with van der Waals surface area (Å²) in [6.07, 6.45) is 2.55. The highest BCUT2D eigenvalue weighted by Crippen LogP contribution is 2.29. The van der Waals surface area contributed by atoms with Crippen molar-refractivity contribution < 1.29 is 23.8 Å². The fraction of sp³-hybridized carbons (Fsp3) is 0.375. The van der Waals surface area contributed by atoms with Crippen molar-refractivity contribution in [3.8, 4) is 0 Å². The van der Waals surface area contributed by atoms with E-state index >= 15 is 0 Å². The van der Waals surface area contributed by atoms with Crippen LogP contribution in [0, 0.1) is 0 Å². The van der Waals surface area contributed by atoms with Gasteiger partial charge >= 0.3 is 11.9 Å². The maximum atomic E-state index is 11.1. The minimum absolute atomic E-state index is 0.0451. The van der Waals surface area contributed by atoms with Crippen LogP contribution in [-0.4, -0.2) is 36.2 Å². The lowest BCUT2D eigenvalue weighted by Gasteiger charge is -2.31. The molecule has 0 fully saturated rings. The maximum Gasteiger partial charge on any atom is 0.303 e. The van der Waals surface area contributed by atoms with Crippen molar-refractivity contribution >= 4 is 23.7 Å². The first-order valence-corrected chi connectivity index (χ1v) is 7.78. The predicted octanol–water partition coefficient (Wildman–Crippen LogP) is 2.55. The van der Waals surface area contributed by atoms with Gasteiger partial charge in [-0.3, -0.25) is 9.59 Å². The summed E-state index contributed by atoms with van der Waals surface area (Å²) in [5.41, 5.74) is -0.227. The SMILES string of the molecule is CC(=O)OC[C@H]1OC(Sc2ccccc2)C=C[C@@H]1OC(C)=O. The summed E-state index contributed by atoms with van der Waals surface area (Å²) in [6, 6.07) is 9.82. The second-order valence-electron chi connectivity index (χ2n) is 4.74. The van der Waals surface area contributed by atoms with E-state index in [1.165, 1.54) is 25.6 Å². The summed E-state index contributed by atoms with van der Waals surface area (Å²) < 4.78 is 16.1. The molecule has 1 unspecified atom stereocenters. The third kappa shape index (κ3) is 5.20. The Morgan fingerprint density at radius 2 is 1.86 bits per heavy atom. The lowest BCUT2D eigenvalue weighted by molar-refractivity contribution is -0.160. The summed E-state index contributed by atoms with van der Waals surface area (Å²) in [7, 11) is 0. The topological polar surface area (TPSA) is 61.8 Å². The van der Waals surface area contributed by atoms with Gasteiger partial charge in [0.15, 0.2) is 0 Å². The highest BCUT2D eigenvalue weighted by Gasteiger charge is 2.30. The smallest absolute Gasteiger partial charge is 0.303 e.